The van der Waals surface area contributed by atoms with E-state index in [1.54, 1.807) is 0 Å². The van der Waals surface area contributed by atoms with E-state index in [0.717, 1.165) is 31.5 Å². The number of nitrogens with one attached hydrogen (secondary N) is 2. The maximum absolute atomic E-state index is 4.67. The Hall–Kier alpha value is 0. The van der Waals surface area contributed by atoms with Crippen LogP contribution < -0.4 is 10.6 Å². The normalized spacial score (nSPS) is 22.4. The Morgan fingerprint density at radius 3 is 2.47 bits per heavy atom. The van der Waals surface area contributed by atoms with E-state index >= 15 is 0 Å². The van der Waals surface area contributed by atoms with Crippen molar-refractivity contribution in [2.75, 3.05) is 19.6 Å². The molecular weight excluding hydrogens is 325 g/mol. The highest BCUT2D eigenvalue weighted by Gasteiger charge is 2.36. The smallest absolute Gasteiger partial charge is 0.191 e. The predicted molar refractivity (Wildman–Crippen MR) is 84.1 cm³/mol. The van der Waals surface area contributed by atoms with Crippen molar-refractivity contribution in [3.05, 3.63) is 0 Å². The number of hydrogen-bond donors (Lipinski definition) is 2. The number of nitrogens with zero attached hydrogens (tertiary/aromatic N) is 1. The van der Waals surface area contributed by atoms with Crippen molar-refractivity contribution >= 4 is 29.9 Å². The van der Waals surface area contributed by atoms with Gasteiger partial charge in [-0.15, -0.1) is 24.0 Å². The van der Waals surface area contributed by atoms with Crippen LogP contribution in [0.4, 0.5) is 0 Å². The van der Waals surface area contributed by atoms with Crippen molar-refractivity contribution in [1.82, 2.24) is 10.6 Å². The van der Waals surface area contributed by atoms with Crippen LogP contribution in [0.25, 0.3) is 0 Å². The van der Waals surface area contributed by atoms with Crippen LogP contribution in [0.2, 0.25) is 0 Å². The van der Waals surface area contributed by atoms with Gasteiger partial charge < -0.3 is 10.6 Å². The largest absolute Gasteiger partial charge is 0.357 e. The molecule has 0 spiro atoms. The third kappa shape index (κ3) is 5.02. The van der Waals surface area contributed by atoms with Crippen molar-refractivity contribution in [2.24, 2.45) is 16.3 Å². The van der Waals surface area contributed by atoms with Crippen LogP contribution in [-0.4, -0.2) is 25.6 Å². The van der Waals surface area contributed by atoms with Crippen LogP contribution in [0.3, 0.4) is 0 Å². The van der Waals surface area contributed by atoms with Crippen molar-refractivity contribution in [3.8, 4) is 0 Å². The number of halogens is 1. The lowest BCUT2D eigenvalue weighted by atomic mass is 9.85. The second-order valence-electron chi connectivity index (χ2n) is 5.68. The third-order valence-corrected chi connectivity index (χ3v) is 3.85. The predicted octanol–water partition coefficient (Wildman–Crippen LogP) is 2.76. The van der Waals surface area contributed by atoms with Gasteiger partial charge in [0.05, 0.1) is 0 Å². The van der Waals surface area contributed by atoms with E-state index in [1.165, 1.54) is 32.1 Å². The molecule has 3 nitrogen and oxygen atoms in total. The first-order valence-electron chi connectivity index (χ1n) is 6.74. The molecular formula is C13H26IN3. The summed E-state index contributed by atoms with van der Waals surface area (Å²) in [7, 11) is 0. The summed E-state index contributed by atoms with van der Waals surface area (Å²) in [5.74, 6) is 1.91. The summed E-state index contributed by atoms with van der Waals surface area (Å²) in [5, 5.41) is 6.79. The standard InChI is InChI=1S/C13H25N3.HI/c1-3-14-12(15-9-11-5-4-6-11)16-10-13(2)7-8-13;/h11H,3-10H2,1-2H3,(H2,14,15,16);1H. The molecule has 0 atom stereocenters. The van der Waals surface area contributed by atoms with Crippen LogP contribution in [-0.2, 0) is 0 Å². The van der Waals surface area contributed by atoms with Gasteiger partial charge in [0, 0.05) is 19.6 Å². The van der Waals surface area contributed by atoms with Crippen LogP contribution in [0, 0.1) is 11.3 Å². The number of guanidine groups is 1. The molecule has 2 N–H and O–H groups in total. The molecule has 100 valence electrons. The summed E-state index contributed by atoms with van der Waals surface area (Å²) >= 11 is 0. The Labute approximate surface area is 122 Å². The lowest BCUT2D eigenvalue weighted by molar-refractivity contribution is 0.314. The van der Waals surface area contributed by atoms with Crippen molar-refractivity contribution in [3.63, 3.8) is 0 Å². The number of rotatable bonds is 5. The minimum Gasteiger partial charge on any atom is -0.357 e. The summed E-state index contributed by atoms with van der Waals surface area (Å²) in [6.07, 6.45) is 6.89. The lowest BCUT2D eigenvalue weighted by Crippen LogP contribution is -2.41. The summed E-state index contributed by atoms with van der Waals surface area (Å²) in [6, 6.07) is 0. The molecule has 0 aliphatic heterocycles. The number of hydrogen-bond acceptors (Lipinski definition) is 1. The zero-order chi connectivity index (χ0) is 11.4. The minimum absolute atomic E-state index is 0. The molecule has 0 radical (unpaired) electrons. The van der Waals surface area contributed by atoms with E-state index in [-0.39, 0.29) is 24.0 Å². The van der Waals surface area contributed by atoms with Crippen LogP contribution in [0.15, 0.2) is 4.99 Å². The quantitative estimate of drug-likeness (QED) is 0.454. The summed E-state index contributed by atoms with van der Waals surface area (Å²) < 4.78 is 0. The molecule has 2 aliphatic rings. The fourth-order valence-corrected chi connectivity index (χ4v) is 1.92. The fraction of sp³-hybridized carbons (Fsp3) is 0.923. The highest BCUT2D eigenvalue weighted by atomic mass is 127. The monoisotopic (exact) mass is 351 g/mol. The Balaban J connectivity index is 0.00000144. The maximum Gasteiger partial charge on any atom is 0.191 e. The third-order valence-electron chi connectivity index (χ3n) is 3.85. The summed E-state index contributed by atoms with van der Waals surface area (Å²) in [6.45, 7) is 7.48. The molecule has 2 aliphatic carbocycles. The molecule has 2 saturated carbocycles. The molecule has 0 saturated heterocycles. The van der Waals surface area contributed by atoms with Gasteiger partial charge in [-0.05, 0) is 43.9 Å². The van der Waals surface area contributed by atoms with E-state index in [2.05, 4.69) is 29.5 Å². The molecule has 0 amide bonds. The van der Waals surface area contributed by atoms with Crippen molar-refractivity contribution in [2.45, 2.75) is 46.0 Å². The Morgan fingerprint density at radius 2 is 2.00 bits per heavy atom. The Morgan fingerprint density at radius 1 is 1.29 bits per heavy atom. The molecule has 0 aromatic rings. The van der Waals surface area contributed by atoms with Crippen LogP contribution in [0.1, 0.15) is 46.0 Å². The molecule has 0 unspecified atom stereocenters. The Kier molecular flexibility index (Phi) is 6.03. The first-order chi connectivity index (χ1) is 7.72. The Bertz CT molecular complexity index is 257. The zero-order valence-electron chi connectivity index (χ0n) is 11.1. The molecule has 0 aromatic heterocycles. The van der Waals surface area contributed by atoms with E-state index in [4.69, 9.17) is 0 Å². The molecule has 0 aromatic carbocycles. The zero-order valence-corrected chi connectivity index (χ0v) is 13.4. The molecule has 0 bridgehead atoms. The molecule has 2 rings (SSSR count). The van der Waals surface area contributed by atoms with Crippen LogP contribution >= 0.6 is 24.0 Å². The molecule has 4 heteroatoms. The average Bonchev–Trinajstić information content (AvgIpc) is 2.91. The number of aliphatic imine (C=N–C) groups is 1. The van der Waals surface area contributed by atoms with Gasteiger partial charge >= 0.3 is 0 Å². The highest BCUT2D eigenvalue weighted by Crippen LogP contribution is 2.44. The second kappa shape index (κ2) is 6.81. The van der Waals surface area contributed by atoms with Crippen molar-refractivity contribution in [1.29, 1.82) is 0 Å². The van der Waals surface area contributed by atoms with E-state index in [9.17, 15) is 0 Å². The van der Waals surface area contributed by atoms with Gasteiger partial charge in [0.2, 0.25) is 0 Å². The van der Waals surface area contributed by atoms with Crippen LogP contribution in [0.5, 0.6) is 0 Å². The van der Waals surface area contributed by atoms with Gasteiger partial charge in [-0.3, -0.25) is 4.99 Å². The first kappa shape index (κ1) is 15.1. The summed E-state index contributed by atoms with van der Waals surface area (Å²) in [4.78, 5) is 4.67. The first-order valence-corrected chi connectivity index (χ1v) is 6.74. The van der Waals surface area contributed by atoms with E-state index < -0.39 is 0 Å². The van der Waals surface area contributed by atoms with Gasteiger partial charge in [0.25, 0.3) is 0 Å². The fourth-order valence-electron chi connectivity index (χ4n) is 1.92. The maximum atomic E-state index is 4.67. The van der Waals surface area contributed by atoms with Gasteiger partial charge in [0.1, 0.15) is 0 Å². The minimum atomic E-state index is 0. The van der Waals surface area contributed by atoms with E-state index in [1.807, 2.05) is 0 Å². The lowest BCUT2D eigenvalue weighted by Gasteiger charge is -2.26. The highest BCUT2D eigenvalue weighted by molar-refractivity contribution is 14.0. The van der Waals surface area contributed by atoms with Crippen molar-refractivity contribution < 1.29 is 0 Å². The van der Waals surface area contributed by atoms with Gasteiger partial charge in [0.15, 0.2) is 5.96 Å². The topological polar surface area (TPSA) is 36.4 Å². The van der Waals surface area contributed by atoms with Gasteiger partial charge in [-0.25, -0.2) is 0 Å². The SMILES string of the molecule is CCNC(=NCC1(C)CC1)NCC1CCC1.I. The van der Waals surface area contributed by atoms with E-state index in [0.29, 0.717) is 5.41 Å². The molecule has 0 heterocycles. The summed E-state index contributed by atoms with van der Waals surface area (Å²) in [5.41, 5.74) is 0.513. The van der Waals surface area contributed by atoms with Gasteiger partial charge in [-0.2, -0.15) is 0 Å². The van der Waals surface area contributed by atoms with Gasteiger partial charge in [-0.1, -0.05) is 13.3 Å². The second-order valence-corrected chi connectivity index (χ2v) is 5.68. The average molecular weight is 351 g/mol. The molecule has 2 fully saturated rings. The molecule has 17 heavy (non-hydrogen) atoms.